The highest BCUT2D eigenvalue weighted by atomic mass is 16.5. The van der Waals surface area contributed by atoms with Crippen LogP contribution < -0.4 is 10.6 Å². The minimum atomic E-state index is -0.702. The summed E-state index contributed by atoms with van der Waals surface area (Å²) in [6, 6.07) is 8.36. The number of nitrogens with one attached hydrogen (secondary N) is 3. The average molecular weight is 550 g/mol. The highest BCUT2D eigenvalue weighted by molar-refractivity contribution is 5.96. The maximum atomic E-state index is 13.1. The lowest BCUT2D eigenvalue weighted by Gasteiger charge is -2.25. The first kappa shape index (κ1) is 29.0. The summed E-state index contributed by atoms with van der Waals surface area (Å²) in [5.41, 5.74) is 2.20. The molecule has 3 N–H and O–H groups in total. The zero-order valence-electron chi connectivity index (χ0n) is 23.5. The van der Waals surface area contributed by atoms with Crippen LogP contribution in [-0.2, 0) is 9.53 Å². The Bertz CT molecular complexity index is 1290. The smallest absolute Gasteiger partial charge is 0.328 e. The Morgan fingerprint density at radius 3 is 2.50 bits per heavy atom. The van der Waals surface area contributed by atoms with Crippen LogP contribution in [0.4, 0.5) is 0 Å². The molecule has 0 saturated heterocycles. The molecule has 10 heteroatoms. The predicted octanol–water partition coefficient (Wildman–Crippen LogP) is 5.28. The molecule has 1 aliphatic carbocycles. The molecule has 2 heterocycles. The molecule has 40 heavy (non-hydrogen) atoms. The van der Waals surface area contributed by atoms with Gasteiger partial charge in [0, 0.05) is 17.2 Å². The number of rotatable bonds is 12. The minimum Gasteiger partial charge on any atom is -0.464 e. The van der Waals surface area contributed by atoms with E-state index in [9.17, 15) is 14.4 Å². The summed E-state index contributed by atoms with van der Waals surface area (Å²) in [6.45, 7) is 6.06. The van der Waals surface area contributed by atoms with Gasteiger partial charge in [0.05, 0.1) is 18.5 Å². The van der Waals surface area contributed by atoms with E-state index in [1.807, 2.05) is 38.1 Å². The van der Waals surface area contributed by atoms with E-state index in [0.717, 1.165) is 44.1 Å². The molecule has 1 fully saturated rings. The van der Waals surface area contributed by atoms with Gasteiger partial charge in [-0.25, -0.2) is 9.78 Å². The van der Waals surface area contributed by atoms with Crippen molar-refractivity contribution in [2.75, 3.05) is 6.61 Å². The summed E-state index contributed by atoms with van der Waals surface area (Å²) in [5, 5.41) is 12.9. The summed E-state index contributed by atoms with van der Waals surface area (Å²) in [5.74, 6) is -0.265. The Labute approximate surface area is 234 Å². The van der Waals surface area contributed by atoms with Crippen LogP contribution in [0.25, 0.3) is 22.7 Å². The van der Waals surface area contributed by atoms with Gasteiger partial charge in [0.15, 0.2) is 0 Å². The first-order chi connectivity index (χ1) is 19.4. The van der Waals surface area contributed by atoms with Gasteiger partial charge in [-0.15, -0.1) is 0 Å². The lowest BCUT2D eigenvalue weighted by Crippen LogP contribution is -2.43. The Kier molecular flexibility index (Phi) is 10.1. The zero-order valence-corrected chi connectivity index (χ0v) is 23.5. The molecule has 10 nitrogen and oxygen atoms in total. The second-order valence-electron chi connectivity index (χ2n) is 10.3. The van der Waals surface area contributed by atoms with Crippen LogP contribution in [0.5, 0.6) is 0 Å². The number of carbonyl (C=O) groups is 3. The molecule has 1 saturated carbocycles. The molecule has 1 atom stereocenters. The third-order valence-corrected chi connectivity index (χ3v) is 7.45. The van der Waals surface area contributed by atoms with Crippen molar-refractivity contribution in [1.29, 1.82) is 0 Å². The fourth-order valence-corrected chi connectivity index (χ4v) is 5.11. The Balaban J connectivity index is 1.45. The topological polar surface area (TPSA) is 139 Å². The van der Waals surface area contributed by atoms with Crippen molar-refractivity contribution in [2.24, 2.45) is 5.92 Å². The average Bonchev–Trinajstić information content (AvgIpc) is 3.67. The van der Waals surface area contributed by atoms with E-state index in [0.29, 0.717) is 29.5 Å². The summed E-state index contributed by atoms with van der Waals surface area (Å²) < 4.78 is 11.0. The van der Waals surface area contributed by atoms with Crippen LogP contribution in [0.15, 0.2) is 40.9 Å². The second kappa shape index (κ2) is 13.9. The number of ether oxygens (including phenoxy) is 1. The molecule has 0 spiro atoms. The highest BCUT2D eigenvalue weighted by Gasteiger charge is 2.28. The molecule has 1 aliphatic rings. The number of oxazole rings is 1. The quantitative estimate of drug-likeness (QED) is 0.261. The number of H-pyrrole nitrogens is 1. The van der Waals surface area contributed by atoms with Crippen molar-refractivity contribution in [3.63, 3.8) is 0 Å². The predicted molar refractivity (Wildman–Crippen MR) is 150 cm³/mol. The largest absolute Gasteiger partial charge is 0.464 e. The SMILES string of the molecule is CCOC(=O)[C@H](CC1CCCCC1)NC(=O)c1cc(-c2cccc(-c3ncc(C(=O)NC(CC)CC)o3)c2)n[nH]1. The Morgan fingerprint density at radius 2 is 1.77 bits per heavy atom. The lowest BCUT2D eigenvalue weighted by molar-refractivity contribution is -0.146. The van der Waals surface area contributed by atoms with Gasteiger partial charge in [-0.05, 0) is 50.3 Å². The first-order valence-electron chi connectivity index (χ1n) is 14.3. The molecule has 1 aromatic carbocycles. The number of nitrogens with zero attached hydrogens (tertiary/aromatic N) is 2. The first-order valence-corrected chi connectivity index (χ1v) is 14.3. The van der Waals surface area contributed by atoms with Gasteiger partial charge in [-0.3, -0.25) is 14.7 Å². The summed E-state index contributed by atoms with van der Waals surface area (Å²) >= 11 is 0. The minimum absolute atomic E-state index is 0.0790. The molecule has 2 aromatic heterocycles. The lowest BCUT2D eigenvalue weighted by atomic mass is 9.85. The van der Waals surface area contributed by atoms with E-state index in [1.54, 1.807) is 13.0 Å². The van der Waals surface area contributed by atoms with Gasteiger partial charge in [-0.1, -0.05) is 58.1 Å². The van der Waals surface area contributed by atoms with Crippen molar-refractivity contribution < 1.29 is 23.5 Å². The van der Waals surface area contributed by atoms with Crippen LogP contribution in [-0.4, -0.2) is 51.7 Å². The molecular formula is C30H39N5O5. The number of hydrogen-bond donors (Lipinski definition) is 3. The third-order valence-electron chi connectivity index (χ3n) is 7.45. The van der Waals surface area contributed by atoms with Crippen molar-refractivity contribution >= 4 is 17.8 Å². The monoisotopic (exact) mass is 549 g/mol. The number of amides is 2. The molecule has 214 valence electrons. The van der Waals surface area contributed by atoms with Gasteiger partial charge < -0.3 is 19.8 Å². The molecule has 3 aromatic rings. The van der Waals surface area contributed by atoms with E-state index in [-0.39, 0.29) is 30.0 Å². The highest BCUT2D eigenvalue weighted by Crippen LogP contribution is 2.28. The fourth-order valence-electron chi connectivity index (χ4n) is 5.11. The molecule has 0 unspecified atom stereocenters. The fraction of sp³-hybridized carbons (Fsp3) is 0.500. The zero-order chi connectivity index (χ0) is 28.5. The third kappa shape index (κ3) is 7.37. The standard InChI is InChI=1S/C30H39N5O5/c1-4-22(5-2)32-28(37)26-18-31-29(40-26)21-14-10-13-20(16-21)23-17-24(35-34-23)27(36)33-25(30(38)39-6-3)15-19-11-8-7-9-12-19/h10,13-14,16-19,22,25H,4-9,11-12,15H2,1-3H3,(H,32,37)(H,33,36)(H,34,35)/t25-/m0/s1. The van der Waals surface area contributed by atoms with Crippen LogP contribution in [0.2, 0.25) is 0 Å². The summed E-state index contributed by atoms with van der Waals surface area (Å²) in [4.78, 5) is 42.5. The van der Waals surface area contributed by atoms with E-state index >= 15 is 0 Å². The number of hydrogen-bond acceptors (Lipinski definition) is 7. The van der Waals surface area contributed by atoms with Crippen LogP contribution in [0.3, 0.4) is 0 Å². The van der Waals surface area contributed by atoms with Gasteiger partial charge in [0.25, 0.3) is 11.8 Å². The second-order valence-corrected chi connectivity index (χ2v) is 10.3. The molecule has 0 bridgehead atoms. The summed E-state index contributed by atoms with van der Waals surface area (Å²) in [7, 11) is 0. The Hall–Kier alpha value is -3.95. The van der Waals surface area contributed by atoms with Gasteiger partial charge in [-0.2, -0.15) is 5.10 Å². The normalized spacial score (nSPS) is 14.6. The number of aromatic nitrogens is 3. The molecule has 0 radical (unpaired) electrons. The molecule has 0 aliphatic heterocycles. The van der Waals surface area contributed by atoms with Crippen molar-refractivity contribution in [1.82, 2.24) is 25.8 Å². The van der Waals surface area contributed by atoms with Crippen LogP contribution in [0.1, 0.15) is 93.2 Å². The number of esters is 1. The Morgan fingerprint density at radius 1 is 1.02 bits per heavy atom. The van der Waals surface area contributed by atoms with Crippen LogP contribution in [0, 0.1) is 5.92 Å². The van der Waals surface area contributed by atoms with E-state index in [2.05, 4.69) is 25.8 Å². The molecular weight excluding hydrogens is 510 g/mol. The number of aromatic amines is 1. The van der Waals surface area contributed by atoms with E-state index < -0.39 is 17.9 Å². The maximum Gasteiger partial charge on any atom is 0.328 e. The number of benzene rings is 1. The maximum absolute atomic E-state index is 13.1. The molecule has 2 amide bonds. The summed E-state index contributed by atoms with van der Waals surface area (Å²) in [6.07, 6.45) is 9.30. The van der Waals surface area contributed by atoms with Gasteiger partial charge >= 0.3 is 5.97 Å². The molecule has 4 rings (SSSR count). The van der Waals surface area contributed by atoms with Crippen molar-refractivity contribution in [3.05, 3.63) is 48.0 Å². The van der Waals surface area contributed by atoms with Gasteiger partial charge in [0.2, 0.25) is 11.7 Å². The van der Waals surface area contributed by atoms with Crippen molar-refractivity contribution in [3.8, 4) is 22.7 Å². The van der Waals surface area contributed by atoms with Crippen molar-refractivity contribution in [2.45, 2.75) is 84.2 Å². The van der Waals surface area contributed by atoms with Gasteiger partial charge in [0.1, 0.15) is 11.7 Å². The van der Waals surface area contributed by atoms with E-state index in [4.69, 9.17) is 9.15 Å². The number of carbonyl (C=O) groups excluding carboxylic acids is 3. The van der Waals surface area contributed by atoms with Crippen LogP contribution >= 0.6 is 0 Å². The van der Waals surface area contributed by atoms with E-state index in [1.165, 1.54) is 12.6 Å².